The van der Waals surface area contributed by atoms with E-state index in [2.05, 4.69) is 33.2 Å². The first kappa shape index (κ1) is 13.4. The van der Waals surface area contributed by atoms with Gasteiger partial charge in [0.25, 0.3) is 0 Å². The van der Waals surface area contributed by atoms with E-state index in [1.165, 1.54) is 0 Å². The summed E-state index contributed by atoms with van der Waals surface area (Å²) in [6.45, 7) is 2.99. The standard InChI is InChI=1S/C17H19N3O2/c1-2-16-15(4-7-18-16)17(3-1)22-14-5-8-20(9-6-14)11-13-10-19-21-12-13/h1-4,7,10,12,14,18H,5-6,8-9,11H2. The highest BCUT2D eigenvalue weighted by molar-refractivity contribution is 5.85. The lowest BCUT2D eigenvalue weighted by molar-refractivity contribution is 0.0979. The Bertz CT molecular complexity index is 727. The van der Waals surface area contributed by atoms with Crippen LogP contribution in [0.5, 0.6) is 5.75 Å². The number of hydrogen-bond acceptors (Lipinski definition) is 4. The van der Waals surface area contributed by atoms with E-state index in [4.69, 9.17) is 9.26 Å². The molecule has 0 aliphatic carbocycles. The Hall–Kier alpha value is -2.27. The zero-order valence-electron chi connectivity index (χ0n) is 12.4. The van der Waals surface area contributed by atoms with Gasteiger partial charge in [-0.1, -0.05) is 11.2 Å². The number of nitrogens with zero attached hydrogens (tertiary/aromatic N) is 2. The average Bonchev–Trinajstić information content (AvgIpc) is 3.21. The Labute approximate surface area is 128 Å². The van der Waals surface area contributed by atoms with Crippen molar-refractivity contribution in [1.82, 2.24) is 15.0 Å². The van der Waals surface area contributed by atoms with Crippen molar-refractivity contribution >= 4 is 10.9 Å². The summed E-state index contributed by atoms with van der Waals surface area (Å²) in [5, 5.41) is 4.91. The smallest absolute Gasteiger partial charge is 0.129 e. The maximum absolute atomic E-state index is 6.23. The number of hydrogen-bond donors (Lipinski definition) is 1. The predicted molar refractivity (Wildman–Crippen MR) is 83.7 cm³/mol. The molecule has 4 rings (SSSR count). The van der Waals surface area contributed by atoms with Gasteiger partial charge in [-0.05, 0) is 31.0 Å². The van der Waals surface area contributed by atoms with E-state index >= 15 is 0 Å². The second-order valence-corrected chi connectivity index (χ2v) is 5.82. The second-order valence-electron chi connectivity index (χ2n) is 5.82. The molecule has 0 atom stereocenters. The van der Waals surface area contributed by atoms with Gasteiger partial charge in [-0.15, -0.1) is 0 Å². The molecule has 1 N–H and O–H groups in total. The van der Waals surface area contributed by atoms with Crippen LogP contribution in [0.4, 0.5) is 0 Å². The summed E-state index contributed by atoms with van der Waals surface area (Å²) in [5.41, 5.74) is 2.26. The van der Waals surface area contributed by atoms with Crippen molar-refractivity contribution in [2.24, 2.45) is 0 Å². The topological polar surface area (TPSA) is 54.3 Å². The molecule has 114 valence electrons. The second kappa shape index (κ2) is 5.85. The monoisotopic (exact) mass is 297 g/mol. The van der Waals surface area contributed by atoms with Crippen molar-refractivity contribution in [3.8, 4) is 5.75 Å². The first-order chi connectivity index (χ1) is 10.9. The van der Waals surface area contributed by atoms with E-state index in [0.29, 0.717) is 6.10 Å². The number of aromatic amines is 1. The van der Waals surface area contributed by atoms with E-state index in [0.717, 1.165) is 54.7 Å². The van der Waals surface area contributed by atoms with E-state index in [9.17, 15) is 0 Å². The lowest BCUT2D eigenvalue weighted by atomic mass is 10.1. The fourth-order valence-electron chi connectivity index (χ4n) is 3.09. The van der Waals surface area contributed by atoms with Gasteiger partial charge in [-0.25, -0.2) is 0 Å². The molecule has 3 heterocycles. The molecule has 22 heavy (non-hydrogen) atoms. The lowest BCUT2D eigenvalue weighted by Crippen LogP contribution is -2.37. The van der Waals surface area contributed by atoms with Crippen LogP contribution in [-0.4, -0.2) is 34.2 Å². The largest absolute Gasteiger partial charge is 0.490 e. The molecular formula is C17H19N3O2. The quantitative estimate of drug-likeness (QED) is 0.803. The van der Waals surface area contributed by atoms with Crippen LogP contribution < -0.4 is 4.74 Å². The third kappa shape index (κ3) is 2.72. The molecule has 1 aliphatic rings. The molecule has 1 fully saturated rings. The van der Waals surface area contributed by atoms with Crippen molar-refractivity contribution in [2.75, 3.05) is 13.1 Å². The van der Waals surface area contributed by atoms with Gasteiger partial charge in [0.05, 0.1) is 6.20 Å². The van der Waals surface area contributed by atoms with Gasteiger partial charge in [0.15, 0.2) is 0 Å². The Kier molecular flexibility index (Phi) is 3.56. The third-order valence-corrected chi connectivity index (χ3v) is 4.27. The molecule has 1 aromatic carbocycles. The highest BCUT2D eigenvalue weighted by atomic mass is 16.5. The van der Waals surface area contributed by atoms with Gasteiger partial charge in [0.1, 0.15) is 18.1 Å². The van der Waals surface area contributed by atoms with Crippen molar-refractivity contribution in [1.29, 1.82) is 0 Å². The molecule has 2 aromatic heterocycles. The normalized spacial score (nSPS) is 17.1. The number of nitrogens with one attached hydrogen (secondary N) is 1. The van der Waals surface area contributed by atoms with Gasteiger partial charge in [-0.3, -0.25) is 4.90 Å². The zero-order valence-corrected chi connectivity index (χ0v) is 12.4. The summed E-state index contributed by atoms with van der Waals surface area (Å²) in [6, 6.07) is 8.24. The first-order valence-corrected chi connectivity index (χ1v) is 7.72. The highest BCUT2D eigenvalue weighted by Crippen LogP contribution is 2.27. The number of fused-ring (bicyclic) bond motifs is 1. The van der Waals surface area contributed by atoms with Crippen LogP contribution in [0, 0.1) is 0 Å². The van der Waals surface area contributed by atoms with Crippen LogP contribution in [0.25, 0.3) is 10.9 Å². The van der Waals surface area contributed by atoms with Crippen molar-refractivity contribution in [3.63, 3.8) is 0 Å². The molecule has 0 spiro atoms. The number of piperidine rings is 1. The molecular weight excluding hydrogens is 278 g/mol. The van der Waals surface area contributed by atoms with E-state index in [1.54, 1.807) is 12.5 Å². The molecule has 5 nitrogen and oxygen atoms in total. The molecule has 0 radical (unpaired) electrons. The Morgan fingerprint density at radius 3 is 3.00 bits per heavy atom. The zero-order chi connectivity index (χ0) is 14.8. The predicted octanol–water partition coefficient (Wildman–Crippen LogP) is 3.20. The fraction of sp³-hybridized carbons (Fsp3) is 0.353. The Balaban J connectivity index is 1.37. The molecule has 0 unspecified atom stereocenters. The van der Waals surface area contributed by atoms with Crippen molar-refractivity contribution in [2.45, 2.75) is 25.5 Å². The lowest BCUT2D eigenvalue weighted by Gasteiger charge is -2.31. The van der Waals surface area contributed by atoms with Crippen LogP contribution in [0.15, 0.2) is 47.4 Å². The Morgan fingerprint density at radius 2 is 2.18 bits per heavy atom. The summed E-state index contributed by atoms with van der Waals surface area (Å²) in [5.74, 6) is 0.983. The minimum absolute atomic E-state index is 0.291. The van der Waals surface area contributed by atoms with E-state index < -0.39 is 0 Å². The van der Waals surface area contributed by atoms with E-state index in [-0.39, 0.29) is 0 Å². The van der Waals surface area contributed by atoms with Crippen LogP contribution in [0.1, 0.15) is 18.4 Å². The maximum Gasteiger partial charge on any atom is 0.129 e. The average molecular weight is 297 g/mol. The van der Waals surface area contributed by atoms with Crippen LogP contribution in [0.3, 0.4) is 0 Å². The van der Waals surface area contributed by atoms with Gasteiger partial charge >= 0.3 is 0 Å². The summed E-state index contributed by atoms with van der Waals surface area (Å²) >= 11 is 0. The SMILES string of the molecule is c1cc(OC2CCN(Cc3cnoc3)CC2)c2cc[nH]c2c1. The number of aromatic nitrogens is 2. The molecule has 1 saturated heterocycles. The summed E-state index contributed by atoms with van der Waals surface area (Å²) < 4.78 is 11.1. The molecule has 0 bridgehead atoms. The number of rotatable bonds is 4. The van der Waals surface area contributed by atoms with Gasteiger partial charge in [0, 0.05) is 42.3 Å². The van der Waals surface area contributed by atoms with Crippen LogP contribution in [-0.2, 0) is 6.54 Å². The minimum atomic E-state index is 0.291. The number of ether oxygens (including phenoxy) is 1. The number of likely N-dealkylation sites (tertiary alicyclic amines) is 1. The fourth-order valence-corrected chi connectivity index (χ4v) is 3.09. The molecule has 1 aliphatic heterocycles. The first-order valence-electron chi connectivity index (χ1n) is 7.72. The van der Waals surface area contributed by atoms with Gasteiger partial charge in [-0.2, -0.15) is 0 Å². The molecule has 0 amide bonds. The number of benzene rings is 1. The summed E-state index contributed by atoms with van der Waals surface area (Å²) in [7, 11) is 0. The van der Waals surface area contributed by atoms with Crippen LogP contribution in [0.2, 0.25) is 0 Å². The minimum Gasteiger partial charge on any atom is -0.490 e. The van der Waals surface area contributed by atoms with Gasteiger partial charge in [0.2, 0.25) is 0 Å². The molecule has 5 heteroatoms. The summed E-state index contributed by atoms with van der Waals surface area (Å²) in [6.07, 6.45) is 7.85. The van der Waals surface area contributed by atoms with Crippen LogP contribution >= 0.6 is 0 Å². The Morgan fingerprint density at radius 1 is 1.27 bits per heavy atom. The van der Waals surface area contributed by atoms with E-state index in [1.807, 2.05) is 12.3 Å². The molecule has 3 aromatic rings. The highest BCUT2D eigenvalue weighted by Gasteiger charge is 2.21. The van der Waals surface area contributed by atoms with Gasteiger partial charge < -0.3 is 14.2 Å². The maximum atomic E-state index is 6.23. The third-order valence-electron chi connectivity index (χ3n) is 4.27. The number of H-pyrrole nitrogens is 1. The van der Waals surface area contributed by atoms with Crippen molar-refractivity contribution in [3.05, 3.63) is 48.5 Å². The molecule has 0 saturated carbocycles. The summed E-state index contributed by atoms with van der Waals surface area (Å²) in [4.78, 5) is 5.65. The van der Waals surface area contributed by atoms with Crippen molar-refractivity contribution < 1.29 is 9.26 Å².